The third-order valence-corrected chi connectivity index (χ3v) is 4.13. The predicted molar refractivity (Wildman–Crippen MR) is 102 cm³/mol. The molecule has 1 aromatic carbocycles. The molecule has 0 radical (unpaired) electrons. The van der Waals surface area contributed by atoms with Gasteiger partial charge in [-0.25, -0.2) is 4.98 Å². The van der Waals surface area contributed by atoms with Crippen molar-refractivity contribution in [1.82, 2.24) is 15.0 Å². The van der Waals surface area contributed by atoms with E-state index in [1.165, 1.54) is 0 Å². The highest BCUT2D eigenvalue weighted by Crippen LogP contribution is 2.33. The molecule has 0 aliphatic rings. The van der Waals surface area contributed by atoms with Crippen LogP contribution in [0.25, 0.3) is 22.4 Å². The van der Waals surface area contributed by atoms with Gasteiger partial charge in [-0.05, 0) is 67.1 Å². The van der Waals surface area contributed by atoms with E-state index < -0.39 is 0 Å². The summed E-state index contributed by atoms with van der Waals surface area (Å²) in [5.41, 5.74) is 5.04. The molecule has 0 saturated carbocycles. The maximum atomic E-state index is 6.05. The predicted octanol–water partition coefficient (Wildman–Crippen LogP) is 5.31. The van der Waals surface area contributed by atoms with E-state index in [1.54, 1.807) is 18.6 Å². The third-order valence-electron chi connectivity index (χ3n) is 4.13. The molecule has 0 aliphatic carbocycles. The fourth-order valence-corrected chi connectivity index (χ4v) is 2.76. The Morgan fingerprint density at radius 3 is 2.35 bits per heavy atom. The lowest BCUT2D eigenvalue weighted by Gasteiger charge is -2.11. The molecule has 0 spiro atoms. The van der Waals surface area contributed by atoms with Gasteiger partial charge < -0.3 is 4.74 Å². The molecule has 3 heterocycles. The van der Waals surface area contributed by atoms with Crippen molar-refractivity contribution in [2.75, 3.05) is 0 Å². The monoisotopic (exact) mass is 339 g/mol. The SMILES string of the molecule is Cc1ccncc1-c1cccnc1Oc1ccc(-c2ccccn2)cc1. The molecule has 0 amide bonds. The molecule has 26 heavy (non-hydrogen) atoms. The molecule has 0 fully saturated rings. The Morgan fingerprint density at radius 2 is 1.58 bits per heavy atom. The van der Waals surface area contributed by atoms with E-state index >= 15 is 0 Å². The van der Waals surface area contributed by atoms with E-state index in [9.17, 15) is 0 Å². The fraction of sp³-hybridized carbons (Fsp3) is 0.0455. The average molecular weight is 339 g/mol. The standard InChI is InChI=1S/C22H17N3O/c1-16-11-14-23-15-20(16)19-5-4-13-25-22(19)26-18-9-7-17(8-10-18)21-6-2-3-12-24-21/h2-15H,1H3. The first kappa shape index (κ1) is 16.0. The van der Waals surface area contributed by atoms with Crippen LogP contribution in [0, 0.1) is 6.92 Å². The molecule has 4 rings (SSSR count). The van der Waals surface area contributed by atoms with E-state index in [0.29, 0.717) is 5.88 Å². The number of aryl methyl sites for hydroxylation is 1. The number of nitrogens with zero attached hydrogens (tertiary/aromatic N) is 3. The second kappa shape index (κ2) is 7.15. The molecular weight excluding hydrogens is 322 g/mol. The summed E-state index contributed by atoms with van der Waals surface area (Å²) in [6.07, 6.45) is 7.14. The van der Waals surface area contributed by atoms with Crippen molar-refractivity contribution < 1.29 is 4.74 Å². The molecular formula is C22H17N3O. The summed E-state index contributed by atoms with van der Waals surface area (Å²) in [5.74, 6) is 1.29. The Hall–Kier alpha value is -3.53. The van der Waals surface area contributed by atoms with Crippen molar-refractivity contribution in [3.63, 3.8) is 0 Å². The zero-order valence-electron chi connectivity index (χ0n) is 14.3. The Balaban J connectivity index is 1.63. The van der Waals surface area contributed by atoms with Crippen LogP contribution in [0.5, 0.6) is 11.6 Å². The first-order valence-electron chi connectivity index (χ1n) is 8.36. The molecule has 0 saturated heterocycles. The first-order valence-corrected chi connectivity index (χ1v) is 8.36. The van der Waals surface area contributed by atoms with Gasteiger partial charge >= 0.3 is 0 Å². The van der Waals surface area contributed by atoms with Gasteiger partial charge in [0.1, 0.15) is 5.75 Å². The molecule has 0 atom stereocenters. The lowest BCUT2D eigenvalue weighted by molar-refractivity contribution is 0.465. The largest absolute Gasteiger partial charge is 0.438 e. The molecule has 0 aliphatic heterocycles. The van der Waals surface area contributed by atoms with Crippen molar-refractivity contribution >= 4 is 0 Å². The molecule has 0 N–H and O–H groups in total. The minimum absolute atomic E-state index is 0.564. The van der Waals surface area contributed by atoms with Crippen LogP contribution in [0.15, 0.2) is 85.5 Å². The summed E-state index contributed by atoms with van der Waals surface area (Å²) in [6, 6.07) is 19.6. The van der Waals surface area contributed by atoms with Crippen LogP contribution in [-0.2, 0) is 0 Å². The summed E-state index contributed by atoms with van der Waals surface area (Å²) in [5, 5.41) is 0. The lowest BCUT2D eigenvalue weighted by Crippen LogP contribution is -1.93. The number of hydrogen-bond donors (Lipinski definition) is 0. The number of aromatic nitrogens is 3. The quantitative estimate of drug-likeness (QED) is 0.506. The second-order valence-electron chi connectivity index (χ2n) is 5.89. The van der Waals surface area contributed by atoms with Gasteiger partial charge in [0, 0.05) is 41.5 Å². The Kier molecular flexibility index (Phi) is 4.39. The molecule has 4 aromatic rings. The highest BCUT2D eigenvalue weighted by atomic mass is 16.5. The topological polar surface area (TPSA) is 47.9 Å². The summed E-state index contributed by atoms with van der Waals surface area (Å²) in [7, 11) is 0. The van der Waals surface area contributed by atoms with Crippen LogP contribution in [0.2, 0.25) is 0 Å². The minimum Gasteiger partial charge on any atom is -0.438 e. The highest BCUT2D eigenvalue weighted by molar-refractivity contribution is 5.71. The molecule has 3 aromatic heterocycles. The average Bonchev–Trinajstić information content (AvgIpc) is 2.70. The van der Waals surface area contributed by atoms with E-state index in [1.807, 2.05) is 66.9 Å². The third kappa shape index (κ3) is 3.30. The van der Waals surface area contributed by atoms with Crippen molar-refractivity contribution in [3.8, 4) is 34.0 Å². The van der Waals surface area contributed by atoms with E-state index in [4.69, 9.17) is 4.74 Å². The second-order valence-corrected chi connectivity index (χ2v) is 5.89. The molecule has 4 nitrogen and oxygen atoms in total. The fourth-order valence-electron chi connectivity index (χ4n) is 2.76. The van der Waals surface area contributed by atoms with Crippen molar-refractivity contribution in [3.05, 3.63) is 91.0 Å². The zero-order valence-corrected chi connectivity index (χ0v) is 14.3. The maximum absolute atomic E-state index is 6.05. The van der Waals surface area contributed by atoms with Crippen LogP contribution in [-0.4, -0.2) is 15.0 Å². The summed E-state index contributed by atoms with van der Waals surface area (Å²) in [4.78, 5) is 13.0. The van der Waals surface area contributed by atoms with Gasteiger partial charge in [0.2, 0.25) is 5.88 Å². The van der Waals surface area contributed by atoms with Crippen LogP contribution >= 0.6 is 0 Å². The zero-order chi connectivity index (χ0) is 17.8. The van der Waals surface area contributed by atoms with Crippen LogP contribution in [0.3, 0.4) is 0 Å². The number of rotatable bonds is 4. The summed E-state index contributed by atoms with van der Waals surface area (Å²) >= 11 is 0. The lowest BCUT2D eigenvalue weighted by atomic mass is 10.0. The normalized spacial score (nSPS) is 10.5. The van der Waals surface area contributed by atoms with Gasteiger partial charge in [-0.3, -0.25) is 9.97 Å². The van der Waals surface area contributed by atoms with Crippen LogP contribution in [0.4, 0.5) is 0 Å². The van der Waals surface area contributed by atoms with Gasteiger partial charge in [-0.1, -0.05) is 6.07 Å². The Bertz CT molecular complexity index is 1010. The molecule has 0 bridgehead atoms. The van der Waals surface area contributed by atoms with Crippen LogP contribution < -0.4 is 4.74 Å². The van der Waals surface area contributed by atoms with Gasteiger partial charge in [-0.15, -0.1) is 0 Å². The number of hydrogen-bond acceptors (Lipinski definition) is 4. The Labute approximate surface area is 152 Å². The minimum atomic E-state index is 0.564. The van der Waals surface area contributed by atoms with E-state index in [2.05, 4.69) is 21.9 Å². The first-order chi connectivity index (χ1) is 12.8. The maximum Gasteiger partial charge on any atom is 0.227 e. The molecule has 126 valence electrons. The van der Waals surface area contributed by atoms with Gasteiger partial charge in [0.25, 0.3) is 0 Å². The number of benzene rings is 1. The number of pyridine rings is 3. The Morgan fingerprint density at radius 1 is 0.731 bits per heavy atom. The van der Waals surface area contributed by atoms with Crippen molar-refractivity contribution in [1.29, 1.82) is 0 Å². The van der Waals surface area contributed by atoms with Gasteiger partial charge in [-0.2, -0.15) is 0 Å². The van der Waals surface area contributed by atoms with E-state index in [-0.39, 0.29) is 0 Å². The van der Waals surface area contributed by atoms with Gasteiger partial charge in [0.05, 0.1) is 5.69 Å². The number of ether oxygens (including phenoxy) is 1. The summed E-state index contributed by atoms with van der Waals surface area (Å²) < 4.78 is 6.05. The molecule has 0 unspecified atom stereocenters. The smallest absolute Gasteiger partial charge is 0.227 e. The van der Waals surface area contributed by atoms with Crippen LogP contribution in [0.1, 0.15) is 5.56 Å². The highest BCUT2D eigenvalue weighted by Gasteiger charge is 2.11. The van der Waals surface area contributed by atoms with Crippen molar-refractivity contribution in [2.24, 2.45) is 0 Å². The van der Waals surface area contributed by atoms with E-state index in [0.717, 1.165) is 33.7 Å². The molecule has 4 heteroatoms. The van der Waals surface area contributed by atoms with Crippen molar-refractivity contribution in [2.45, 2.75) is 6.92 Å². The summed E-state index contributed by atoms with van der Waals surface area (Å²) in [6.45, 7) is 2.05. The van der Waals surface area contributed by atoms with Gasteiger partial charge in [0.15, 0.2) is 0 Å².